The lowest BCUT2D eigenvalue weighted by Gasteiger charge is -2.10. The molecule has 1 aromatic carbocycles. The Morgan fingerprint density at radius 3 is 2.33 bits per heavy atom. The normalized spacial score (nSPS) is 10.1. The van der Waals surface area contributed by atoms with Crippen molar-refractivity contribution >= 4 is 23.3 Å². The zero-order valence-electron chi connectivity index (χ0n) is 11.4. The molecular weight excluding hydrogens is 277 g/mol. The van der Waals surface area contributed by atoms with Crippen LogP contribution in [0, 0.1) is 5.82 Å². The van der Waals surface area contributed by atoms with Crippen molar-refractivity contribution in [1.82, 2.24) is 9.97 Å². The van der Waals surface area contributed by atoms with Gasteiger partial charge in [-0.15, -0.1) is 0 Å². The van der Waals surface area contributed by atoms with Crippen LogP contribution in [0.4, 0.5) is 27.7 Å². The van der Waals surface area contributed by atoms with Crippen molar-refractivity contribution in [3.05, 3.63) is 30.1 Å². The molecule has 1 aromatic heterocycles. The standard InChI is InChI=1S/C12H16FN7O/c1-2-21-7-3-4-9(8(13)5-7)16-12-17-10(19-14)6-11(18-12)20-15/h3-6H,2,14-15H2,1H3,(H3,16,17,18,19,20). The van der Waals surface area contributed by atoms with Crippen LogP contribution in [0.2, 0.25) is 0 Å². The van der Waals surface area contributed by atoms with E-state index in [2.05, 4.69) is 26.1 Å². The predicted molar refractivity (Wildman–Crippen MR) is 78.5 cm³/mol. The van der Waals surface area contributed by atoms with E-state index in [1.807, 2.05) is 6.92 Å². The van der Waals surface area contributed by atoms with E-state index in [9.17, 15) is 4.39 Å². The summed E-state index contributed by atoms with van der Waals surface area (Å²) in [6, 6.07) is 5.95. The number of hydrogen-bond acceptors (Lipinski definition) is 8. The van der Waals surface area contributed by atoms with Gasteiger partial charge >= 0.3 is 0 Å². The molecule has 0 aliphatic heterocycles. The summed E-state index contributed by atoms with van der Waals surface area (Å²) in [5, 5.41) is 2.75. The first-order valence-electron chi connectivity index (χ1n) is 6.18. The van der Waals surface area contributed by atoms with Gasteiger partial charge in [0, 0.05) is 12.1 Å². The van der Waals surface area contributed by atoms with Crippen molar-refractivity contribution in [3.8, 4) is 5.75 Å². The Kier molecular flexibility index (Phi) is 4.69. The second-order valence-corrected chi connectivity index (χ2v) is 3.95. The van der Waals surface area contributed by atoms with E-state index in [1.165, 1.54) is 18.2 Å². The number of anilines is 4. The van der Waals surface area contributed by atoms with E-state index < -0.39 is 5.82 Å². The van der Waals surface area contributed by atoms with Crippen LogP contribution in [0.5, 0.6) is 5.75 Å². The number of nitrogens with two attached hydrogens (primary N) is 2. The molecule has 0 fully saturated rings. The van der Waals surface area contributed by atoms with Crippen molar-refractivity contribution in [2.45, 2.75) is 6.92 Å². The van der Waals surface area contributed by atoms with E-state index in [1.54, 1.807) is 6.07 Å². The molecule has 0 unspecified atom stereocenters. The summed E-state index contributed by atoms with van der Waals surface area (Å²) in [5.74, 6) is 11.3. The molecule has 8 nitrogen and oxygen atoms in total. The Morgan fingerprint density at radius 2 is 1.81 bits per heavy atom. The average Bonchev–Trinajstić information content (AvgIpc) is 2.50. The summed E-state index contributed by atoms with van der Waals surface area (Å²) >= 11 is 0. The minimum Gasteiger partial charge on any atom is -0.494 e. The minimum absolute atomic E-state index is 0.140. The first kappa shape index (κ1) is 14.8. The fourth-order valence-electron chi connectivity index (χ4n) is 1.63. The highest BCUT2D eigenvalue weighted by molar-refractivity contribution is 5.59. The quantitative estimate of drug-likeness (QED) is 0.399. The zero-order valence-corrected chi connectivity index (χ0v) is 11.4. The van der Waals surface area contributed by atoms with Gasteiger partial charge in [-0.2, -0.15) is 9.97 Å². The monoisotopic (exact) mass is 293 g/mol. The molecular formula is C12H16FN7O. The van der Waals surface area contributed by atoms with Gasteiger partial charge in [-0.3, -0.25) is 0 Å². The van der Waals surface area contributed by atoms with E-state index in [4.69, 9.17) is 16.4 Å². The van der Waals surface area contributed by atoms with Gasteiger partial charge in [0.2, 0.25) is 5.95 Å². The number of nitrogens with one attached hydrogen (secondary N) is 3. The van der Waals surface area contributed by atoms with E-state index in [-0.39, 0.29) is 11.6 Å². The van der Waals surface area contributed by atoms with Crippen molar-refractivity contribution in [1.29, 1.82) is 0 Å². The summed E-state index contributed by atoms with van der Waals surface area (Å²) in [5.41, 5.74) is 4.94. The average molecular weight is 293 g/mol. The topological polar surface area (TPSA) is 123 Å². The summed E-state index contributed by atoms with van der Waals surface area (Å²) < 4.78 is 19.2. The Hall–Kier alpha value is -2.65. The zero-order chi connectivity index (χ0) is 15.2. The summed E-state index contributed by atoms with van der Waals surface area (Å²) in [4.78, 5) is 8.09. The molecule has 9 heteroatoms. The lowest BCUT2D eigenvalue weighted by molar-refractivity contribution is 0.338. The van der Waals surface area contributed by atoms with Gasteiger partial charge in [-0.1, -0.05) is 0 Å². The summed E-state index contributed by atoms with van der Waals surface area (Å²) in [7, 11) is 0. The fraction of sp³-hybridized carbons (Fsp3) is 0.167. The highest BCUT2D eigenvalue weighted by atomic mass is 19.1. The first-order valence-corrected chi connectivity index (χ1v) is 6.18. The Balaban J connectivity index is 2.25. The largest absolute Gasteiger partial charge is 0.494 e. The molecule has 0 amide bonds. The lowest BCUT2D eigenvalue weighted by Crippen LogP contribution is -2.14. The molecule has 7 N–H and O–H groups in total. The van der Waals surface area contributed by atoms with Crippen LogP contribution >= 0.6 is 0 Å². The van der Waals surface area contributed by atoms with E-state index in [0.717, 1.165) is 0 Å². The molecule has 0 aliphatic carbocycles. The van der Waals surface area contributed by atoms with Crippen LogP contribution in [0.1, 0.15) is 6.92 Å². The molecule has 21 heavy (non-hydrogen) atoms. The van der Waals surface area contributed by atoms with Gasteiger partial charge in [-0.05, 0) is 19.1 Å². The van der Waals surface area contributed by atoms with Gasteiger partial charge in [0.25, 0.3) is 0 Å². The smallest absolute Gasteiger partial charge is 0.231 e. The van der Waals surface area contributed by atoms with Crippen LogP contribution < -0.4 is 32.6 Å². The fourth-order valence-corrected chi connectivity index (χ4v) is 1.63. The minimum atomic E-state index is -0.488. The number of hydrogen-bond donors (Lipinski definition) is 5. The molecule has 112 valence electrons. The molecule has 0 atom stereocenters. The van der Waals surface area contributed by atoms with Crippen LogP contribution in [0.25, 0.3) is 0 Å². The van der Waals surface area contributed by atoms with Crippen LogP contribution in [0.15, 0.2) is 24.3 Å². The molecule has 0 bridgehead atoms. The SMILES string of the molecule is CCOc1ccc(Nc2nc(NN)cc(NN)n2)c(F)c1. The molecule has 0 spiro atoms. The Bertz CT molecular complexity index is 600. The number of halogens is 1. The number of aromatic nitrogens is 2. The number of nitrogens with zero attached hydrogens (tertiary/aromatic N) is 2. The maximum Gasteiger partial charge on any atom is 0.231 e. The Morgan fingerprint density at radius 1 is 1.14 bits per heavy atom. The highest BCUT2D eigenvalue weighted by Gasteiger charge is 2.08. The molecule has 2 rings (SSSR count). The molecule has 0 saturated heterocycles. The second kappa shape index (κ2) is 6.68. The molecule has 1 heterocycles. The Labute approximate surface area is 120 Å². The van der Waals surface area contributed by atoms with E-state index >= 15 is 0 Å². The number of benzene rings is 1. The highest BCUT2D eigenvalue weighted by Crippen LogP contribution is 2.24. The third kappa shape index (κ3) is 3.68. The number of hydrazine groups is 2. The van der Waals surface area contributed by atoms with Crippen molar-refractivity contribution < 1.29 is 9.13 Å². The third-order valence-corrected chi connectivity index (χ3v) is 2.52. The molecule has 2 aromatic rings. The van der Waals surface area contributed by atoms with Gasteiger partial charge in [-0.25, -0.2) is 16.1 Å². The molecule has 0 radical (unpaired) electrons. The van der Waals surface area contributed by atoms with Crippen LogP contribution in [-0.4, -0.2) is 16.6 Å². The van der Waals surface area contributed by atoms with Crippen molar-refractivity contribution in [2.24, 2.45) is 11.7 Å². The second-order valence-electron chi connectivity index (χ2n) is 3.95. The van der Waals surface area contributed by atoms with Crippen molar-refractivity contribution in [3.63, 3.8) is 0 Å². The van der Waals surface area contributed by atoms with E-state index in [0.29, 0.717) is 24.0 Å². The predicted octanol–water partition coefficient (Wildman–Crippen LogP) is 1.33. The van der Waals surface area contributed by atoms with Gasteiger partial charge < -0.3 is 20.9 Å². The first-order chi connectivity index (χ1) is 10.2. The maximum atomic E-state index is 13.9. The molecule has 0 aliphatic rings. The number of nitrogen functional groups attached to an aromatic ring is 2. The number of rotatable bonds is 6. The third-order valence-electron chi connectivity index (χ3n) is 2.52. The van der Waals surface area contributed by atoms with Crippen LogP contribution in [-0.2, 0) is 0 Å². The van der Waals surface area contributed by atoms with Gasteiger partial charge in [0.1, 0.15) is 23.2 Å². The maximum absolute atomic E-state index is 13.9. The summed E-state index contributed by atoms with van der Waals surface area (Å²) in [6.45, 7) is 2.29. The van der Waals surface area contributed by atoms with Crippen LogP contribution in [0.3, 0.4) is 0 Å². The van der Waals surface area contributed by atoms with Gasteiger partial charge in [0.05, 0.1) is 12.3 Å². The molecule has 0 saturated carbocycles. The lowest BCUT2D eigenvalue weighted by atomic mass is 10.3. The van der Waals surface area contributed by atoms with Crippen molar-refractivity contribution in [2.75, 3.05) is 22.8 Å². The summed E-state index contributed by atoms with van der Waals surface area (Å²) in [6.07, 6.45) is 0. The number of ether oxygens (including phenoxy) is 1. The van der Waals surface area contributed by atoms with Gasteiger partial charge in [0.15, 0.2) is 0 Å².